The third kappa shape index (κ3) is 33.7. The van der Waals surface area contributed by atoms with Gasteiger partial charge in [-0.15, -0.1) is 0 Å². The van der Waals surface area contributed by atoms with Crippen LogP contribution in [-0.2, 0) is 23.8 Å². The van der Waals surface area contributed by atoms with Crippen LogP contribution in [0.3, 0.4) is 0 Å². The first-order valence-corrected chi connectivity index (χ1v) is 25.0. The van der Waals surface area contributed by atoms with Gasteiger partial charge >= 0.3 is 23.1 Å². The van der Waals surface area contributed by atoms with Gasteiger partial charge in [0.25, 0.3) is 0 Å². The van der Waals surface area contributed by atoms with Crippen molar-refractivity contribution >= 4 is 35.0 Å². The molecule has 2 rings (SSSR count). The third-order valence-corrected chi connectivity index (χ3v) is 11.9. The maximum absolute atomic E-state index is 10.2. The second-order valence-electron chi connectivity index (χ2n) is 17.7. The Morgan fingerprint density at radius 2 is 0.734 bits per heavy atom. The molecule has 2 aliphatic heterocycles. The molecule has 64 heavy (non-hydrogen) atoms. The van der Waals surface area contributed by atoms with Crippen LogP contribution >= 0.6 is 0 Å². The topological polar surface area (TPSA) is 270 Å². The van der Waals surface area contributed by atoms with Crippen molar-refractivity contribution in [1.29, 1.82) is 0 Å². The number of hydrogen-bond acceptors (Lipinski definition) is 15. The first-order valence-electron chi connectivity index (χ1n) is 25.0. The van der Waals surface area contributed by atoms with Gasteiger partial charge in [-0.05, 0) is 25.7 Å². The molecule has 2 saturated heterocycles. The van der Waals surface area contributed by atoms with Gasteiger partial charge in [-0.3, -0.25) is 0 Å². The van der Waals surface area contributed by atoms with Crippen molar-refractivity contribution in [2.24, 2.45) is 0 Å². The predicted octanol–water partition coefficient (Wildman–Crippen LogP) is 4.22. The van der Waals surface area contributed by atoms with Crippen LogP contribution in [0.2, 0.25) is 0 Å². The van der Waals surface area contributed by atoms with E-state index in [2.05, 4.69) is 13.8 Å². The van der Waals surface area contributed by atoms with Gasteiger partial charge in [-0.1, -0.05) is 194 Å². The molecular formula is C48H92MgO15. The van der Waals surface area contributed by atoms with E-state index in [4.69, 9.17) is 19.3 Å². The van der Waals surface area contributed by atoms with Gasteiger partial charge in [0.15, 0.2) is 12.6 Å². The zero-order valence-corrected chi connectivity index (χ0v) is 41.4. The van der Waals surface area contributed by atoms with Crippen LogP contribution in [0.1, 0.15) is 219 Å². The van der Waals surface area contributed by atoms with E-state index in [9.17, 15) is 55.5 Å². The van der Waals surface area contributed by atoms with Crippen molar-refractivity contribution in [2.45, 2.75) is 281 Å². The number of carbonyl (C=O) groups is 2. The van der Waals surface area contributed by atoms with Gasteiger partial charge in [0.05, 0.1) is 13.2 Å². The van der Waals surface area contributed by atoms with Crippen LogP contribution in [0, 0.1) is 0 Å². The number of aliphatic carboxylic acids is 2. The van der Waals surface area contributed by atoms with Crippen molar-refractivity contribution < 1.29 is 74.9 Å². The molecule has 0 aromatic carbocycles. The van der Waals surface area contributed by atoms with E-state index in [-0.39, 0.29) is 35.9 Å². The van der Waals surface area contributed by atoms with Crippen LogP contribution in [0.4, 0.5) is 0 Å². The van der Waals surface area contributed by atoms with Gasteiger partial charge in [0.1, 0.15) is 48.8 Å². The van der Waals surface area contributed by atoms with E-state index in [0.717, 1.165) is 25.7 Å². The number of rotatable bonds is 36. The molecule has 0 aromatic rings. The Labute approximate surface area is 402 Å². The van der Waals surface area contributed by atoms with Gasteiger partial charge < -0.3 is 74.9 Å². The Morgan fingerprint density at radius 3 is 1.03 bits per heavy atom. The minimum absolute atomic E-state index is 0. The summed E-state index contributed by atoms with van der Waals surface area (Å²) in [5.74, 6) is -1.81. The molecule has 0 saturated carbocycles. The van der Waals surface area contributed by atoms with Crippen LogP contribution in [-0.4, -0.2) is 150 Å². The Morgan fingerprint density at radius 1 is 0.422 bits per heavy atom. The van der Waals surface area contributed by atoms with Crippen LogP contribution in [0.5, 0.6) is 0 Å². The standard InChI is InChI=1S/2C18H36O2.C12H22O11.Mg/c2*1-2-3-4-5-6-7-8-9-10-11-12-13-14-15-16-17-18(19)20;13-1-3-5(15)6(16)9(19)12(22-3)23-10-4(2-14)21-11(20)8(18)7(10)17;/h2*2-17H2,1H3,(H,19,20);3-20H,1-2H2;/q;;;+2/p-2/t;;3-,4-,5+,6+,7-,8-,9-,10-,11?,12+;/m..1./s1. The van der Waals surface area contributed by atoms with E-state index in [0.29, 0.717) is 0 Å². The fourth-order valence-electron chi connectivity index (χ4n) is 7.85. The maximum Gasteiger partial charge on any atom is 2.00 e. The van der Waals surface area contributed by atoms with Crippen molar-refractivity contribution in [3.05, 3.63) is 0 Å². The number of hydrogen-bond donors (Lipinski definition) is 8. The largest absolute Gasteiger partial charge is 2.00 e. The van der Waals surface area contributed by atoms with E-state index < -0.39 is 86.6 Å². The quantitative estimate of drug-likeness (QED) is 0.0323. The summed E-state index contributed by atoms with van der Waals surface area (Å²) in [5, 5.41) is 96.9. The van der Waals surface area contributed by atoms with E-state index >= 15 is 0 Å². The number of ether oxygens (including phenoxy) is 3. The first-order chi connectivity index (χ1) is 30.4. The third-order valence-electron chi connectivity index (χ3n) is 11.9. The second kappa shape index (κ2) is 44.8. The van der Waals surface area contributed by atoms with Crippen LogP contribution in [0.15, 0.2) is 0 Å². The maximum atomic E-state index is 10.2. The molecule has 15 nitrogen and oxygen atoms in total. The summed E-state index contributed by atoms with van der Waals surface area (Å²) in [6.07, 6.45) is 24.1. The van der Waals surface area contributed by atoms with E-state index in [1.165, 1.54) is 167 Å². The Bertz CT molecular complexity index is 997. The molecule has 2 heterocycles. The predicted molar refractivity (Wildman–Crippen MR) is 243 cm³/mol. The summed E-state index contributed by atoms with van der Waals surface area (Å²) < 4.78 is 15.3. The van der Waals surface area contributed by atoms with Gasteiger partial charge in [-0.2, -0.15) is 0 Å². The summed E-state index contributed by atoms with van der Waals surface area (Å²) in [5.41, 5.74) is 0. The van der Waals surface area contributed by atoms with E-state index in [1.54, 1.807) is 0 Å². The fourth-order valence-corrected chi connectivity index (χ4v) is 7.85. The van der Waals surface area contributed by atoms with Gasteiger partial charge in [0, 0.05) is 11.9 Å². The fraction of sp³-hybridized carbons (Fsp3) is 0.958. The number of aliphatic hydroxyl groups is 8. The molecule has 10 atom stereocenters. The molecule has 0 bridgehead atoms. The first kappa shape index (κ1) is 65.3. The molecule has 2 aliphatic rings. The molecule has 0 spiro atoms. The molecule has 0 amide bonds. The molecule has 0 radical (unpaired) electrons. The molecule has 1 unspecified atom stereocenters. The summed E-state index contributed by atoms with van der Waals surface area (Å²) >= 11 is 0. The van der Waals surface area contributed by atoms with Crippen LogP contribution < -0.4 is 10.2 Å². The number of carbonyl (C=O) groups excluding carboxylic acids is 2. The number of carboxylic acid groups (broad SMARTS) is 2. The number of carboxylic acids is 2. The molecular weight excluding hydrogens is 841 g/mol. The second-order valence-corrected chi connectivity index (χ2v) is 17.7. The normalized spacial score (nSPS) is 25.3. The summed E-state index contributed by atoms with van der Waals surface area (Å²) in [6, 6.07) is 0. The van der Waals surface area contributed by atoms with Crippen molar-refractivity contribution in [2.75, 3.05) is 13.2 Å². The number of unbranched alkanes of at least 4 members (excludes halogenated alkanes) is 28. The average Bonchev–Trinajstić information content (AvgIpc) is 3.26. The number of aliphatic hydroxyl groups excluding tert-OH is 8. The smallest absolute Gasteiger partial charge is 0.550 e. The van der Waals surface area contributed by atoms with Gasteiger partial charge in [-0.25, -0.2) is 0 Å². The average molecular weight is 934 g/mol. The Kier molecular flexibility index (Phi) is 45.7. The summed E-state index contributed by atoms with van der Waals surface area (Å²) in [7, 11) is 0. The Hall–Kier alpha value is -0.734. The van der Waals surface area contributed by atoms with E-state index in [1.807, 2.05) is 0 Å². The monoisotopic (exact) mass is 933 g/mol. The van der Waals surface area contributed by atoms with Gasteiger partial charge in [0.2, 0.25) is 0 Å². The Balaban J connectivity index is 0. The van der Waals surface area contributed by atoms with Crippen LogP contribution in [0.25, 0.3) is 0 Å². The summed E-state index contributed by atoms with van der Waals surface area (Å²) in [4.78, 5) is 20.4. The molecule has 0 aliphatic carbocycles. The zero-order chi connectivity index (χ0) is 47.1. The summed E-state index contributed by atoms with van der Waals surface area (Å²) in [6.45, 7) is 3.19. The SMILES string of the molecule is CCCCCCCCCCCCCCCCCC(=O)[O-].CCCCCCCCCCCCCCCCCC(=O)[O-].OC[C@H]1O[C@@H](O[C@H]2[C@H](O)[C@@H](O)C(O)O[C@@H]2CO)[C@H](O)[C@@H](O)[C@H]1O.[Mg+2]. The minimum Gasteiger partial charge on any atom is -0.550 e. The minimum atomic E-state index is -1.74. The molecule has 376 valence electrons. The van der Waals surface area contributed by atoms with Crippen molar-refractivity contribution in [3.8, 4) is 0 Å². The molecule has 2 fully saturated rings. The van der Waals surface area contributed by atoms with Crippen molar-refractivity contribution in [1.82, 2.24) is 0 Å². The van der Waals surface area contributed by atoms with Crippen molar-refractivity contribution in [3.63, 3.8) is 0 Å². The molecule has 8 N–H and O–H groups in total. The zero-order valence-electron chi connectivity index (χ0n) is 40.0. The molecule has 0 aromatic heterocycles. The molecule has 16 heteroatoms.